The summed E-state index contributed by atoms with van der Waals surface area (Å²) in [5, 5.41) is 2.61. The summed E-state index contributed by atoms with van der Waals surface area (Å²) in [4.78, 5) is 10.3. The average molecular weight is 275 g/mol. The Kier molecular flexibility index (Phi) is 4.82. The van der Waals surface area contributed by atoms with Gasteiger partial charge in [0.25, 0.3) is 0 Å². The molecular weight excluding hydrogens is 260 g/mol. The van der Waals surface area contributed by atoms with Crippen LogP contribution in [0.1, 0.15) is 23.5 Å². The zero-order chi connectivity index (χ0) is 14.4. The third-order valence-electron chi connectivity index (χ3n) is 3.21. The van der Waals surface area contributed by atoms with Crippen LogP contribution in [-0.4, -0.2) is 13.0 Å². The number of hydrogen-bond donors (Lipinski definition) is 1. The van der Waals surface area contributed by atoms with E-state index in [1.54, 1.807) is 24.3 Å². The number of benzene rings is 2. The number of nitrogens with one attached hydrogen (secondary N) is 1. The molecule has 0 spiro atoms. The maximum atomic E-state index is 13.0. The molecule has 20 heavy (non-hydrogen) atoms. The number of halogens is 2. The van der Waals surface area contributed by atoms with Gasteiger partial charge in [0, 0.05) is 12.5 Å². The predicted octanol–water partition coefficient (Wildman–Crippen LogP) is 3.23. The molecule has 2 nitrogen and oxygen atoms in total. The first kappa shape index (κ1) is 14.2. The highest BCUT2D eigenvalue weighted by molar-refractivity contribution is 5.45. The Morgan fingerprint density at radius 2 is 1.35 bits per heavy atom. The Labute approximate surface area is 116 Å². The zero-order valence-corrected chi connectivity index (χ0v) is 10.9. The summed E-state index contributed by atoms with van der Waals surface area (Å²) < 4.78 is 26.0. The molecule has 0 heterocycles. The van der Waals surface area contributed by atoms with Crippen LogP contribution in [0.25, 0.3) is 0 Å². The molecule has 0 saturated carbocycles. The number of hydrogen-bond acceptors (Lipinski definition) is 1. The lowest BCUT2D eigenvalue weighted by Gasteiger charge is -2.18. The Morgan fingerprint density at radius 1 is 0.900 bits per heavy atom. The summed E-state index contributed by atoms with van der Waals surface area (Å²) in [6.45, 7) is 0.503. The van der Waals surface area contributed by atoms with Crippen LogP contribution >= 0.6 is 0 Å². The molecule has 0 atom stereocenters. The van der Waals surface area contributed by atoms with Gasteiger partial charge < -0.3 is 5.32 Å². The van der Waals surface area contributed by atoms with Gasteiger partial charge in [-0.05, 0) is 41.8 Å². The highest BCUT2D eigenvalue weighted by atomic mass is 19.1. The first-order chi connectivity index (χ1) is 9.70. The smallest absolute Gasteiger partial charge is 0.207 e. The molecule has 0 bridgehead atoms. The number of carbonyl (C=O) groups excluding carboxylic acids is 1. The second-order valence-electron chi connectivity index (χ2n) is 4.52. The molecule has 4 heteroatoms. The van der Waals surface area contributed by atoms with Crippen molar-refractivity contribution < 1.29 is 13.6 Å². The van der Waals surface area contributed by atoms with E-state index < -0.39 is 0 Å². The molecule has 2 aromatic carbocycles. The lowest BCUT2D eigenvalue weighted by atomic mass is 9.88. The number of rotatable bonds is 6. The van der Waals surface area contributed by atoms with Crippen molar-refractivity contribution in [2.75, 3.05) is 6.54 Å². The molecular formula is C16H15F2NO. The van der Waals surface area contributed by atoms with Crippen molar-refractivity contribution >= 4 is 6.41 Å². The maximum absolute atomic E-state index is 13.0. The normalized spacial score (nSPS) is 10.6. The maximum Gasteiger partial charge on any atom is 0.207 e. The Bertz CT molecular complexity index is 506. The molecule has 0 saturated heterocycles. The van der Waals surface area contributed by atoms with Crippen LogP contribution in [0, 0.1) is 11.6 Å². The zero-order valence-electron chi connectivity index (χ0n) is 10.9. The van der Waals surface area contributed by atoms with Crippen LogP contribution in [0.2, 0.25) is 0 Å². The summed E-state index contributed by atoms with van der Waals surface area (Å²) in [5.74, 6) is -0.598. The van der Waals surface area contributed by atoms with E-state index in [2.05, 4.69) is 5.32 Å². The van der Waals surface area contributed by atoms with E-state index in [9.17, 15) is 13.6 Å². The van der Waals surface area contributed by atoms with Crippen molar-refractivity contribution in [2.45, 2.75) is 12.3 Å². The standard InChI is InChI=1S/C16H15F2NO/c17-14-5-1-12(2-6-14)16(9-10-19-11-20)13-3-7-15(18)8-4-13/h1-8,11,16H,9-10H2,(H,19,20). The second kappa shape index (κ2) is 6.80. The van der Waals surface area contributed by atoms with Gasteiger partial charge >= 0.3 is 0 Å². The average Bonchev–Trinajstić information content (AvgIpc) is 2.46. The minimum Gasteiger partial charge on any atom is -0.359 e. The third kappa shape index (κ3) is 3.63. The van der Waals surface area contributed by atoms with Crippen molar-refractivity contribution in [1.82, 2.24) is 5.32 Å². The third-order valence-corrected chi connectivity index (χ3v) is 3.21. The fourth-order valence-corrected chi connectivity index (χ4v) is 2.20. The molecule has 0 aliphatic rings. The van der Waals surface area contributed by atoms with Crippen LogP contribution in [0.15, 0.2) is 48.5 Å². The number of carbonyl (C=O) groups is 1. The highest BCUT2D eigenvalue weighted by Crippen LogP contribution is 2.28. The minimum absolute atomic E-state index is 0.0105. The minimum atomic E-state index is -0.294. The monoisotopic (exact) mass is 275 g/mol. The molecule has 2 rings (SSSR count). The summed E-state index contributed by atoms with van der Waals surface area (Å²) in [6, 6.07) is 12.5. The fourth-order valence-electron chi connectivity index (χ4n) is 2.20. The summed E-state index contributed by atoms with van der Waals surface area (Å²) in [6.07, 6.45) is 1.31. The molecule has 2 aromatic rings. The van der Waals surface area contributed by atoms with Gasteiger partial charge in [-0.2, -0.15) is 0 Å². The van der Waals surface area contributed by atoms with E-state index in [-0.39, 0.29) is 17.6 Å². The topological polar surface area (TPSA) is 29.1 Å². The van der Waals surface area contributed by atoms with Gasteiger partial charge in [0.05, 0.1) is 0 Å². The van der Waals surface area contributed by atoms with Crippen LogP contribution in [0.5, 0.6) is 0 Å². The van der Waals surface area contributed by atoms with E-state index in [1.807, 2.05) is 0 Å². The Morgan fingerprint density at radius 3 is 1.75 bits per heavy atom. The summed E-state index contributed by atoms with van der Waals surface area (Å²) >= 11 is 0. The lowest BCUT2D eigenvalue weighted by molar-refractivity contribution is -0.109. The molecule has 104 valence electrons. The van der Waals surface area contributed by atoms with Crippen LogP contribution in [0.3, 0.4) is 0 Å². The van der Waals surface area contributed by atoms with E-state index in [0.717, 1.165) is 11.1 Å². The van der Waals surface area contributed by atoms with Gasteiger partial charge in [0.2, 0.25) is 6.41 Å². The van der Waals surface area contributed by atoms with Gasteiger partial charge in [0.15, 0.2) is 0 Å². The molecule has 0 aromatic heterocycles. The van der Waals surface area contributed by atoms with Crippen LogP contribution < -0.4 is 5.32 Å². The fraction of sp³-hybridized carbons (Fsp3) is 0.188. The summed E-state index contributed by atoms with van der Waals surface area (Å²) in [7, 11) is 0. The molecule has 1 N–H and O–H groups in total. The molecule has 0 radical (unpaired) electrons. The van der Waals surface area contributed by atoms with Crippen molar-refractivity contribution in [3.63, 3.8) is 0 Å². The van der Waals surface area contributed by atoms with Gasteiger partial charge in [-0.1, -0.05) is 24.3 Å². The van der Waals surface area contributed by atoms with E-state index in [1.165, 1.54) is 24.3 Å². The quantitative estimate of drug-likeness (QED) is 0.636. The van der Waals surface area contributed by atoms with Gasteiger partial charge in [-0.3, -0.25) is 4.79 Å². The van der Waals surface area contributed by atoms with Crippen molar-refractivity contribution in [2.24, 2.45) is 0 Å². The number of amides is 1. The second-order valence-corrected chi connectivity index (χ2v) is 4.52. The predicted molar refractivity (Wildman–Crippen MR) is 73.3 cm³/mol. The van der Waals surface area contributed by atoms with E-state index in [0.29, 0.717) is 19.4 Å². The highest BCUT2D eigenvalue weighted by Gasteiger charge is 2.14. The van der Waals surface area contributed by atoms with Crippen LogP contribution in [0.4, 0.5) is 8.78 Å². The molecule has 0 unspecified atom stereocenters. The molecule has 0 fully saturated rings. The van der Waals surface area contributed by atoms with Crippen molar-refractivity contribution in [1.29, 1.82) is 0 Å². The summed E-state index contributed by atoms with van der Waals surface area (Å²) in [5.41, 5.74) is 1.87. The molecule has 0 aliphatic heterocycles. The largest absolute Gasteiger partial charge is 0.359 e. The lowest BCUT2D eigenvalue weighted by Crippen LogP contribution is -2.16. The molecule has 0 aliphatic carbocycles. The van der Waals surface area contributed by atoms with E-state index >= 15 is 0 Å². The SMILES string of the molecule is O=CNCCC(c1ccc(F)cc1)c1ccc(F)cc1. The first-order valence-corrected chi connectivity index (χ1v) is 6.38. The van der Waals surface area contributed by atoms with Gasteiger partial charge in [-0.15, -0.1) is 0 Å². The molecule has 1 amide bonds. The van der Waals surface area contributed by atoms with Crippen molar-refractivity contribution in [3.05, 3.63) is 71.3 Å². The van der Waals surface area contributed by atoms with Crippen LogP contribution in [-0.2, 0) is 4.79 Å². The van der Waals surface area contributed by atoms with Gasteiger partial charge in [-0.25, -0.2) is 8.78 Å². The first-order valence-electron chi connectivity index (χ1n) is 6.38. The van der Waals surface area contributed by atoms with Crippen molar-refractivity contribution in [3.8, 4) is 0 Å². The Balaban J connectivity index is 2.25. The Hall–Kier alpha value is -2.23. The van der Waals surface area contributed by atoms with E-state index in [4.69, 9.17) is 0 Å². The van der Waals surface area contributed by atoms with Gasteiger partial charge in [0.1, 0.15) is 11.6 Å².